The molecular formula is C21H14O4. The highest BCUT2D eigenvalue weighted by Gasteiger charge is 2.29. The zero-order valence-corrected chi connectivity index (χ0v) is 13.2. The predicted molar refractivity (Wildman–Crippen MR) is 92.6 cm³/mol. The molecule has 1 N–H and O–H groups in total. The summed E-state index contributed by atoms with van der Waals surface area (Å²) in [5, 5.41) is 9.89. The Morgan fingerprint density at radius 3 is 2.64 bits per heavy atom. The van der Waals surface area contributed by atoms with Gasteiger partial charge in [0.15, 0.2) is 11.9 Å². The van der Waals surface area contributed by atoms with Crippen LogP contribution in [0.1, 0.15) is 28.6 Å². The third-order valence-electron chi connectivity index (χ3n) is 4.04. The highest BCUT2D eigenvalue weighted by Crippen LogP contribution is 2.38. The van der Waals surface area contributed by atoms with Crippen molar-refractivity contribution in [2.75, 3.05) is 0 Å². The molecule has 3 aromatic rings. The van der Waals surface area contributed by atoms with Crippen molar-refractivity contribution in [3.63, 3.8) is 0 Å². The van der Waals surface area contributed by atoms with E-state index in [9.17, 15) is 9.90 Å². The number of ether oxygens (including phenoxy) is 1. The minimum absolute atomic E-state index is 0.153. The standard InChI is InChI=1S/C21H14O4/c22-17-10-11-24-21(20(17)23)19-13-16-9-8-15(12-18(16)25-19)7-6-14-4-2-1-3-5-14/h1-5,8-12,19,23H,13H2. The van der Waals surface area contributed by atoms with Gasteiger partial charge in [-0.25, -0.2) is 0 Å². The van der Waals surface area contributed by atoms with Gasteiger partial charge < -0.3 is 14.3 Å². The van der Waals surface area contributed by atoms with Crippen LogP contribution in [0, 0.1) is 11.8 Å². The van der Waals surface area contributed by atoms with Crippen molar-refractivity contribution in [2.24, 2.45) is 0 Å². The summed E-state index contributed by atoms with van der Waals surface area (Å²) >= 11 is 0. The number of hydrogen-bond acceptors (Lipinski definition) is 4. The zero-order chi connectivity index (χ0) is 17.2. The lowest BCUT2D eigenvalue weighted by Gasteiger charge is -2.10. The van der Waals surface area contributed by atoms with E-state index in [0.29, 0.717) is 12.2 Å². The smallest absolute Gasteiger partial charge is 0.226 e. The Morgan fingerprint density at radius 2 is 1.80 bits per heavy atom. The van der Waals surface area contributed by atoms with E-state index >= 15 is 0 Å². The lowest BCUT2D eigenvalue weighted by Crippen LogP contribution is -2.08. The highest BCUT2D eigenvalue weighted by molar-refractivity contribution is 5.50. The molecule has 2 aromatic carbocycles. The SMILES string of the molecule is O=c1ccoc(C2Cc3ccc(C#Cc4ccccc4)cc3O2)c1O. The highest BCUT2D eigenvalue weighted by atomic mass is 16.5. The maximum Gasteiger partial charge on any atom is 0.226 e. The van der Waals surface area contributed by atoms with E-state index in [1.807, 2.05) is 48.5 Å². The van der Waals surface area contributed by atoms with Crippen LogP contribution in [0.3, 0.4) is 0 Å². The molecule has 1 atom stereocenters. The van der Waals surface area contributed by atoms with Crippen LogP contribution in [0.25, 0.3) is 0 Å². The van der Waals surface area contributed by atoms with Gasteiger partial charge in [-0.2, -0.15) is 0 Å². The van der Waals surface area contributed by atoms with Gasteiger partial charge in [-0.1, -0.05) is 36.1 Å². The zero-order valence-electron chi connectivity index (χ0n) is 13.2. The molecule has 4 nitrogen and oxygen atoms in total. The molecule has 0 saturated heterocycles. The maximum absolute atomic E-state index is 11.6. The van der Waals surface area contributed by atoms with E-state index in [0.717, 1.165) is 16.7 Å². The topological polar surface area (TPSA) is 59.7 Å². The van der Waals surface area contributed by atoms with Crippen LogP contribution in [0.2, 0.25) is 0 Å². The van der Waals surface area contributed by atoms with E-state index in [-0.39, 0.29) is 5.76 Å². The molecule has 1 aliphatic heterocycles. The second-order valence-corrected chi connectivity index (χ2v) is 5.75. The van der Waals surface area contributed by atoms with Gasteiger partial charge in [-0.15, -0.1) is 0 Å². The van der Waals surface area contributed by atoms with Crippen LogP contribution in [-0.4, -0.2) is 5.11 Å². The first-order valence-electron chi connectivity index (χ1n) is 7.88. The molecular weight excluding hydrogens is 316 g/mol. The average molecular weight is 330 g/mol. The molecule has 0 fully saturated rings. The minimum atomic E-state index is -0.513. The van der Waals surface area contributed by atoms with Crippen LogP contribution in [0.4, 0.5) is 0 Å². The molecule has 0 radical (unpaired) electrons. The van der Waals surface area contributed by atoms with Crippen LogP contribution in [0.5, 0.6) is 11.5 Å². The number of rotatable bonds is 1. The van der Waals surface area contributed by atoms with E-state index < -0.39 is 17.3 Å². The Hall–Kier alpha value is -3.45. The van der Waals surface area contributed by atoms with Crippen molar-refractivity contribution in [3.8, 4) is 23.3 Å². The van der Waals surface area contributed by atoms with Gasteiger partial charge in [0.2, 0.25) is 11.2 Å². The molecule has 0 amide bonds. The van der Waals surface area contributed by atoms with Crippen LogP contribution < -0.4 is 10.2 Å². The number of hydrogen-bond donors (Lipinski definition) is 1. The van der Waals surface area contributed by atoms with Crippen molar-refractivity contribution in [3.05, 3.63) is 93.5 Å². The van der Waals surface area contributed by atoms with E-state index in [2.05, 4.69) is 11.8 Å². The molecule has 0 aliphatic carbocycles. The molecule has 0 spiro atoms. The molecule has 4 heteroatoms. The summed E-state index contributed by atoms with van der Waals surface area (Å²) in [5.41, 5.74) is 2.29. The van der Waals surface area contributed by atoms with Crippen LogP contribution in [0.15, 0.2) is 70.1 Å². The van der Waals surface area contributed by atoms with Crippen LogP contribution >= 0.6 is 0 Å². The molecule has 25 heavy (non-hydrogen) atoms. The van der Waals surface area contributed by atoms with Gasteiger partial charge in [0.25, 0.3) is 0 Å². The average Bonchev–Trinajstić information content (AvgIpc) is 3.06. The second kappa shape index (κ2) is 6.21. The molecule has 2 heterocycles. The van der Waals surface area contributed by atoms with Crippen molar-refractivity contribution >= 4 is 0 Å². The Labute approximate surface area is 144 Å². The first-order valence-corrected chi connectivity index (χ1v) is 7.88. The maximum atomic E-state index is 11.6. The molecule has 1 aliphatic rings. The van der Waals surface area contributed by atoms with E-state index in [1.54, 1.807) is 0 Å². The predicted octanol–water partition coefficient (Wildman–Crippen LogP) is 3.42. The number of aromatic hydroxyl groups is 1. The van der Waals surface area contributed by atoms with Crippen molar-refractivity contribution in [2.45, 2.75) is 12.5 Å². The summed E-state index contributed by atoms with van der Waals surface area (Å²) in [4.78, 5) is 11.6. The lowest BCUT2D eigenvalue weighted by atomic mass is 10.1. The summed E-state index contributed by atoms with van der Waals surface area (Å²) < 4.78 is 11.1. The second-order valence-electron chi connectivity index (χ2n) is 5.75. The third-order valence-corrected chi connectivity index (χ3v) is 4.04. The fourth-order valence-corrected chi connectivity index (χ4v) is 2.77. The van der Waals surface area contributed by atoms with Gasteiger partial charge in [-0.3, -0.25) is 4.79 Å². The monoisotopic (exact) mass is 330 g/mol. The fraction of sp³-hybridized carbons (Fsp3) is 0.0952. The lowest BCUT2D eigenvalue weighted by molar-refractivity contribution is 0.193. The molecule has 4 rings (SSSR count). The molecule has 1 aromatic heterocycles. The van der Waals surface area contributed by atoms with Crippen LogP contribution in [-0.2, 0) is 6.42 Å². The van der Waals surface area contributed by atoms with Crippen molar-refractivity contribution in [1.29, 1.82) is 0 Å². The number of fused-ring (bicyclic) bond motifs is 1. The fourth-order valence-electron chi connectivity index (χ4n) is 2.77. The third kappa shape index (κ3) is 3.00. The van der Waals surface area contributed by atoms with Crippen molar-refractivity contribution < 1.29 is 14.3 Å². The molecule has 122 valence electrons. The molecule has 1 unspecified atom stereocenters. The van der Waals surface area contributed by atoms with Gasteiger partial charge in [0, 0.05) is 23.6 Å². The quantitative estimate of drug-likeness (QED) is 0.695. The first kappa shape index (κ1) is 15.1. The Kier molecular flexibility index (Phi) is 3.75. The summed E-state index contributed by atoms with van der Waals surface area (Å²) in [5.74, 6) is 6.66. The van der Waals surface area contributed by atoms with Gasteiger partial charge in [-0.05, 0) is 29.8 Å². The minimum Gasteiger partial charge on any atom is -0.502 e. The normalized spacial score (nSPS) is 15.0. The van der Waals surface area contributed by atoms with Gasteiger partial charge >= 0.3 is 0 Å². The summed E-state index contributed by atoms with van der Waals surface area (Å²) in [6.45, 7) is 0. The number of benzene rings is 2. The van der Waals surface area contributed by atoms with Gasteiger partial charge in [0.1, 0.15) is 5.75 Å². The van der Waals surface area contributed by atoms with E-state index in [4.69, 9.17) is 9.15 Å². The summed E-state index contributed by atoms with van der Waals surface area (Å²) in [6.07, 6.45) is 1.28. The largest absolute Gasteiger partial charge is 0.502 e. The summed E-state index contributed by atoms with van der Waals surface area (Å²) in [7, 11) is 0. The Bertz CT molecular complexity index is 1040. The molecule has 0 saturated carbocycles. The summed E-state index contributed by atoms with van der Waals surface area (Å²) in [6, 6.07) is 16.7. The Balaban J connectivity index is 1.60. The first-order chi connectivity index (χ1) is 12.2. The van der Waals surface area contributed by atoms with E-state index in [1.165, 1.54) is 12.3 Å². The molecule has 0 bridgehead atoms. The van der Waals surface area contributed by atoms with Crippen molar-refractivity contribution in [1.82, 2.24) is 0 Å². The Morgan fingerprint density at radius 1 is 1.00 bits per heavy atom. The van der Waals surface area contributed by atoms with Gasteiger partial charge in [0.05, 0.1) is 6.26 Å².